The molecule has 0 radical (unpaired) electrons. The van der Waals surface area contributed by atoms with E-state index in [1.54, 1.807) is 0 Å². The molecule has 0 aliphatic rings. The van der Waals surface area contributed by atoms with E-state index < -0.39 is 18.2 Å². The molecule has 0 unspecified atom stereocenters. The third-order valence-corrected chi connectivity index (χ3v) is 2.30. The number of ether oxygens (including phenoxy) is 1. The van der Waals surface area contributed by atoms with Crippen molar-refractivity contribution in [2.24, 2.45) is 0 Å². The fraction of sp³-hybridized carbons (Fsp3) is 0.250. The first-order chi connectivity index (χ1) is 6.11. The Morgan fingerprint density at radius 2 is 2.15 bits per heavy atom. The number of halogens is 3. The molecule has 0 aromatic heterocycles. The Morgan fingerprint density at radius 3 is 2.62 bits per heavy atom. The molecule has 0 bridgehead atoms. The normalized spacial score (nSPS) is 10.2. The van der Waals surface area contributed by atoms with Gasteiger partial charge in [0.25, 0.3) is 0 Å². The molecule has 1 N–H and O–H groups in total. The minimum absolute atomic E-state index is 0.0840. The molecule has 2 nitrogen and oxygen atoms in total. The van der Waals surface area contributed by atoms with Crippen LogP contribution in [0.2, 0.25) is 0 Å². The zero-order valence-corrected chi connectivity index (χ0v) is 8.36. The van der Waals surface area contributed by atoms with Crippen molar-refractivity contribution >= 4 is 15.9 Å². The number of hydrogen-bond acceptors (Lipinski definition) is 2. The SMILES string of the molecule is COc1c(CO)cc(F)c(Br)c1F. The largest absolute Gasteiger partial charge is 0.493 e. The zero-order valence-electron chi connectivity index (χ0n) is 6.77. The highest BCUT2D eigenvalue weighted by Gasteiger charge is 2.16. The van der Waals surface area contributed by atoms with Crippen molar-refractivity contribution in [1.82, 2.24) is 0 Å². The van der Waals surface area contributed by atoms with Gasteiger partial charge in [-0.25, -0.2) is 8.78 Å². The Balaban J connectivity index is 3.39. The van der Waals surface area contributed by atoms with E-state index >= 15 is 0 Å². The van der Waals surface area contributed by atoms with Crippen LogP contribution < -0.4 is 4.74 Å². The highest BCUT2D eigenvalue weighted by molar-refractivity contribution is 9.10. The molecule has 0 saturated carbocycles. The van der Waals surface area contributed by atoms with Gasteiger partial charge in [-0.1, -0.05) is 0 Å². The molecule has 0 amide bonds. The molecular formula is C8H7BrF2O2. The lowest BCUT2D eigenvalue weighted by molar-refractivity contribution is 0.269. The molecule has 0 spiro atoms. The van der Waals surface area contributed by atoms with Gasteiger partial charge in [0.05, 0.1) is 18.2 Å². The van der Waals surface area contributed by atoms with Gasteiger partial charge in [0.15, 0.2) is 11.6 Å². The maximum absolute atomic E-state index is 13.2. The Morgan fingerprint density at radius 1 is 1.54 bits per heavy atom. The third-order valence-electron chi connectivity index (χ3n) is 1.57. The lowest BCUT2D eigenvalue weighted by Gasteiger charge is -2.08. The molecule has 13 heavy (non-hydrogen) atoms. The van der Waals surface area contributed by atoms with Crippen molar-refractivity contribution in [3.8, 4) is 5.75 Å². The van der Waals surface area contributed by atoms with Gasteiger partial charge in [-0.2, -0.15) is 0 Å². The fourth-order valence-corrected chi connectivity index (χ4v) is 1.26. The first kappa shape index (κ1) is 10.4. The number of methoxy groups -OCH3 is 1. The third kappa shape index (κ3) is 1.81. The second-order valence-electron chi connectivity index (χ2n) is 2.34. The van der Waals surface area contributed by atoms with Crippen LogP contribution in [0, 0.1) is 11.6 Å². The van der Waals surface area contributed by atoms with Crippen molar-refractivity contribution in [2.75, 3.05) is 7.11 Å². The van der Waals surface area contributed by atoms with E-state index in [4.69, 9.17) is 5.11 Å². The predicted molar refractivity (Wildman–Crippen MR) is 46.5 cm³/mol. The molecule has 0 fully saturated rings. The van der Waals surface area contributed by atoms with Crippen LogP contribution in [0.25, 0.3) is 0 Å². The maximum Gasteiger partial charge on any atom is 0.182 e. The van der Waals surface area contributed by atoms with Gasteiger partial charge in [0.2, 0.25) is 0 Å². The van der Waals surface area contributed by atoms with Crippen LogP contribution >= 0.6 is 15.9 Å². The van der Waals surface area contributed by atoms with E-state index in [2.05, 4.69) is 20.7 Å². The summed E-state index contributed by atoms with van der Waals surface area (Å²) in [4.78, 5) is 0. The second kappa shape index (κ2) is 4.02. The molecule has 0 aliphatic heterocycles. The quantitative estimate of drug-likeness (QED) is 0.819. The summed E-state index contributed by atoms with van der Waals surface area (Å²) >= 11 is 2.72. The summed E-state index contributed by atoms with van der Waals surface area (Å²) in [5, 5.41) is 8.76. The van der Waals surface area contributed by atoms with Crippen LogP contribution in [0.4, 0.5) is 8.78 Å². The number of hydrogen-bond donors (Lipinski definition) is 1. The molecule has 72 valence electrons. The highest BCUT2D eigenvalue weighted by Crippen LogP contribution is 2.31. The Bertz CT molecular complexity index is 328. The minimum atomic E-state index is -0.841. The standard InChI is InChI=1S/C8H7BrF2O2/c1-13-8-4(3-12)2-5(10)6(9)7(8)11/h2,12H,3H2,1H3. The Kier molecular flexibility index (Phi) is 3.22. The van der Waals surface area contributed by atoms with Gasteiger partial charge in [-0.15, -0.1) is 0 Å². The van der Waals surface area contributed by atoms with Crippen molar-refractivity contribution < 1.29 is 18.6 Å². The van der Waals surface area contributed by atoms with Crippen molar-refractivity contribution in [1.29, 1.82) is 0 Å². The van der Waals surface area contributed by atoms with E-state index in [9.17, 15) is 8.78 Å². The zero-order chi connectivity index (χ0) is 10.0. The number of benzene rings is 1. The summed E-state index contributed by atoms with van der Waals surface area (Å²) in [6, 6.07) is 1.02. The van der Waals surface area contributed by atoms with Gasteiger partial charge in [-0.3, -0.25) is 0 Å². The first-order valence-electron chi connectivity index (χ1n) is 3.43. The molecule has 0 saturated heterocycles. The van der Waals surface area contributed by atoms with E-state index in [1.165, 1.54) is 7.11 Å². The number of aliphatic hydroxyl groups excluding tert-OH is 1. The van der Waals surface area contributed by atoms with Crippen molar-refractivity contribution in [2.45, 2.75) is 6.61 Å². The van der Waals surface area contributed by atoms with Crippen LogP contribution in [0.15, 0.2) is 10.5 Å². The summed E-state index contributed by atoms with van der Waals surface area (Å²) in [6.07, 6.45) is 0. The predicted octanol–water partition coefficient (Wildman–Crippen LogP) is 2.23. The monoisotopic (exact) mass is 252 g/mol. The summed E-state index contributed by atoms with van der Waals surface area (Å²) in [5.74, 6) is -1.75. The summed E-state index contributed by atoms with van der Waals surface area (Å²) in [6.45, 7) is -0.468. The minimum Gasteiger partial charge on any atom is -0.493 e. The average molecular weight is 253 g/mol. The number of aliphatic hydroxyl groups is 1. The van der Waals surface area contributed by atoms with Gasteiger partial charge < -0.3 is 9.84 Å². The molecule has 1 aromatic carbocycles. The average Bonchev–Trinajstić information content (AvgIpc) is 2.13. The van der Waals surface area contributed by atoms with E-state index in [0.29, 0.717) is 0 Å². The molecule has 1 aromatic rings. The lowest BCUT2D eigenvalue weighted by atomic mass is 10.2. The maximum atomic E-state index is 13.2. The topological polar surface area (TPSA) is 29.5 Å². The van der Waals surface area contributed by atoms with Gasteiger partial charge >= 0.3 is 0 Å². The van der Waals surface area contributed by atoms with Crippen LogP contribution in [0.1, 0.15) is 5.56 Å². The second-order valence-corrected chi connectivity index (χ2v) is 3.13. The molecule has 1 rings (SSSR count). The smallest absolute Gasteiger partial charge is 0.182 e. The molecule has 0 aliphatic carbocycles. The van der Waals surface area contributed by atoms with Crippen LogP contribution in [0.3, 0.4) is 0 Å². The Labute approximate surface area is 82.3 Å². The fourth-order valence-electron chi connectivity index (χ4n) is 0.966. The molecule has 5 heteroatoms. The summed E-state index contributed by atoms with van der Waals surface area (Å²) in [5.41, 5.74) is 0.0840. The van der Waals surface area contributed by atoms with Crippen LogP contribution in [-0.4, -0.2) is 12.2 Å². The van der Waals surface area contributed by atoms with Gasteiger partial charge in [-0.05, 0) is 22.0 Å². The lowest BCUT2D eigenvalue weighted by Crippen LogP contribution is -1.98. The summed E-state index contributed by atoms with van der Waals surface area (Å²) in [7, 11) is 1.25. The van der Waals surface area contributed by atoms with Crippen LogP contribution in [-0.2, 0) is 6.61 Å². The molecular weight excluding hydrogens is 246 g/mol. The van der Waals surface area contributed by atoms with Crippen molar-refractivity contribution in [3.63, 3.8) is 0 Å². The van der Waals surface area contributed by atoms with Gasteiger partial charge in [0.1, 0.15) is 5.82 Å². The van der Waals surface area contributed by atoms with E-state index in [1.807, 2.05) is 0 Å². The number of rotatable bonds is 2. The first-order valence-corrected chi connectivity index (χ1v) is 4.22. The van der Waals surface area contributed by atoms with Crippen molar-refractivity contribution in [3.05, 3.63) is 27.7 Å². The Hall–Kier alpha value is -0.680. The van der Waals surface area contributed by atoms with E-state index in [-0.39, 0.29) is 15.8 Å². The highest BCUT2D eigenvalue weighted by atomic mass is 79.9. The van der Waals surface area contributed by atoms with Gasteiger partial charge in [0, 0.05) is 5.56 Å². The van der Waals surface area contributed by atoms with Crippen LogP contribution in [0.5, 0.6) is 5.75 Å². The molecule has 0 atom stereocenters. The molecule has 0 heterocycles. The summed E-state index contributed by atoms with van der Waals surface area (Å²) < 4.78 is 30.5. The van der Waals surface area contributed by atoms with E-state index in [0.717, 1.165) is 6.07 Å².